The van der Waals surface area contributed by atoms with Crippen molar-refractivity contribution in [1.29, 1.82) is 0 Å². The Morgan fingerprint density at radius 1 is 0.882 bits per heavy atom. The van der Waals surface area contributed by atoms with Gasteiger partial charge in [-0.25, -0.2) is 4.98 Å². The van der Waals surface area contributed by atoms with Crippen molar-refractivity contribution in [2.45, 2.75) is 0 Å². The van der Waals surface area contributed by atoms with E-state index in [1.807, 2.05) is 34.9 Å². The quantitative estimate of drug-likeness (QED) is 0.646. The third kappa shape index (κ3) is 2.11. The number of imidazole rings is 1. The number of hydrogen-bond acceptors (Lipinski definition) is 1. The molecule has 0 bridgehead atoms. The first-order valence-corrected chi connectivity index (χ1v) is 5.58. The van der Waals surface area contributed by atoms with Crippen LogP contribution in [0.1, 0.15) is 11.1 Å². The largest absolute Gasteiger partial charge is 0.307 e. The Morgan fingerprint density at radius 3 is 2.59 bits per heavy atom. The van der Waals surface area contributed by atoms with Gasteiger partial charge in [0.25, 0.3) is 0 Å². The maximum absolute atomic E-state index is 4.22. The van der Waals surface area contributed by atoms with E-state index in [9.17, 15) is 0 Å². The molecule has 82 valence electrons. The van der Waals surface area contributed by atoms with Crippen molar-refractivity contribution in [3.8, 4) is 0 Å². The molecular formula is C15H12N2. The third-order valence-corrected chi connectivity index (χ3v) is 2.68. The van der Waals surface area contributed by atoms with E-state index in [1.165, 1.54) is 11.1 Å². The molecule has 2 heterocycles. The highest BCUT2D eigenvalue weighted by atomic mass is 15.0. The number of hydrogen-bond donors (Lipinski definition) is 0. The van der Waals surface area contributed by atoms with Crippen LogP contribution in [-0.2, 0) is 0 Å². The van der Waals surface area contributed by atoms with Crippen molar-refractivity contribution in [2.75, 3.05) is 0 Å². The van der Waals surface area contributed by atoms with Gasteiger partial charge in [0.15, 0.2) is 0 Å². The van der Waals surface area contributed by atoms with E-state index in [0.717, 1.165) is 5.65 Å². The Labute approximate surface area is 99.9 Å². The number of nitrogens with zero attached hydrogens (tertiary/aromatic N) is 2. The molecule has 0 N–H and O–H groups in total. The molecule has 3 rings (SSSR count). The molecule has 3 aromatic rings. The van der Waals surface area contributed by atoms with Gasteiger partial charge in [0, 0.05) is 18.6 Å². The molecule has 0 aliphatic carbocycles. The minimum Gasteiger partial charge on any atom is -0.307 e. The first kappa shape index (κ1) is 9.85. The summed E-state index contributed by atoms with van der Waals surface area (Å²) in [6.45, 7) is 0. The number of fused-ring (bicyclic) bond motifs is 1. The van der Waals surface area contributed by atoms with Crippen LogP contribution in [0.5, 0.6) is 0 Å². The van der Waals surface area contributed by atoms with Crippen molar-refractivity contribution in [3.63, 3.8) is 0 Å². The van der Waals surface area contributed by atoms with Crippen LogP contribution in [0, 0.1) is 0 Å². The average molecular weight is 220 g/mol. The smallest absolute Gasteiger partial charge is 0.136 e. The molecule has 2 nitrogen and oxygen atoms in total. The molecule has 2 heteroatoms. The summed E-state index contributed by atoms with van der Waals surface area (Å²) in [6, 6.07) is 14.4. The lowest BCUT2D eigenvalue weighted by atomic mass is 10.2. The number of rotatable bonds is 2. The fourth-order valence-corrected chi connectivity index (χ4v) is 1.79. The Kier molecular flexibility index (Phi) is 2.47. The van der Waals surface area contributed by atoms with Crippen molar-refractivity contribution >= 4 is 17.8 Å². The van der Waals surface area contributed by atoms with Crippen molar-refractivity contribution < 1.29 is 0 Å². The maximum Gasteiger partial charge on any atom is 0.136 e. The van der Waals surface area contributed by atoms with Crippen LogP contribution in [0.3, 0.4) is 0 Å². The molecule has 0 aliphatic heterocycles. The van der Waals surface area contributed by atoms with Gasteiger partial charge in [-0.2, -0.15) is 0 Å². The lowest BCUT2D eigenvalue weighted by molar-refractivity contribution is 1.18. The Bertz CT molecular complexity index is 651. The van der Waals surface area contributed by atoms with Gasteiger partial charge in [-0.05, 0) is 23.3 Å². The normalized spacial score (nSPS) is 11.3. The lowest BCUT2D eigenvalue weighted by Gasteiger charge is -1.96. The number of benzene rings is 1. The summed E-state index contributed by atoms with van der Waals surface area (Å²) in [4.78, 5) is 4.22. The molecule has 0 aliphatic rings. The van der Waals surface area contributed by atoms with Gasteiger partial charge < -0.3 is 4.40 Å². The third-order valence-electron chi connectivity index (χ3n) is 2.68. The summed E-state index contributed by atoms with van der Waals surface area (Å²) in [5, 5.41) is 0. The minimum atomic E-state index is 0.974. The van der Waals surface area contributed by atoms with Gasteiger partial charge in [-0.15, -0.1) is 0 Å². The van der Waals surface area contributed by atoms with Crippen LogP contribution in [0.4, 0.5) is 0 Å². The summed E-state index contributed by atoms with van der Waals surface area (Å²) in [5.41, 5.74) is 3.35. The summed E-state index contributed by atoms with van der Waals surface area (Å²) >= 11 is 0. The number of aromatic nitrogens is 2. The molecule has 0 radical (unpaired) electrons. The number of pyridine rings is 1. The van der Waals surface area contributed by atoms with Gasteiger partial charge in [-0.1, -0.05) is 42.5 Å². The molecular weight excluding hydrogens is 208 g/mol. The average Bonchev–Trinajstić information content (AvgIpc) is 2.85. The van der Waals surface area contributed by atoms with Crippen molar-refractivity contribution in [3.05, 3.63) is 72.2 Å². The van der Waals surface area contributed by atoms with E-state index >= 15 is 0 Å². The zero-order chi connectivity index (χ0) is 11.5. The predicted molar refractivity (Wildman–Crippen MR) is 70.6 cm³/mol. The van der Waals surface area contributed by atoms with E-state index in [0.29, 0.717) is 0 Å². The van der Waals surface area contributed by atoms with Crippen molar-refractivity contribution in [1.82, 2.24) is 9.38 Å². The molecule has 17 heavy (non-hydrogen) atoms. The summed E-state index contributed by atoms with van der Waals surface area (Å²) < 4.78 is 2.02. The van der Waals surface area contributed by atoms with Gasteiger partial charge in [-0.3, -0.25) is 0 Å². The fourth-order valence-electron chi connectivity index (χ4n) is 1.79. The second kappa shape index (κ2) is 4.26. The molecule has 0 unspecified atom stereocenters. The van der Waals surface area contributed by atoms with Crippen LogP contribution < -0.4 is 0 Å². The zero-order valence-electron chi connectivity index (χ0n) is 9.32. The van der Waals surface area contributed by atoms with Gasteiger partial charge in [0.1, 0.15) is 5.65 Å². The first-order valence-electron chi connectivity index (χ1n) is 5.58. The molecule has 0 fully saturated rings. The molecule has 1 aromatic carbocycles. The van der Waals surface area contributed by atoms with E-state index in [2.05, 4.69) is 41.5 Å². The van der Waals surface area contributed by atoms with Gasteiger partial charge >= 0.3 is 0 Å². The molecule has 0 saturated heterocycles. The molecule has 0 spiro atoms. The van der Waals surface area contributed by atoms with Gasteiger partial charge in [0.05, 0.1) is 0 Å². The molecule has 2 aromatic heterocycles. The zero-order valence-corrected chi connectivity index (χ0v) is 9.32. The molecule has 0 saturated carbocycles. The standard InChI is InChI=1S/C15H12N2/c1-2-4-13(5-3-1)6-7-14-8-9-15-16-10-11-17(15)12-14/h1-12H/b7-6+. The highest BCUT2D eigenvalue weighted by Gasteiger charge is 1.93. The topological polar surface area (TPSA) is 17.3 Å². The Balaban J connectivity index is 1.92. The van der Waals surface area contributed by atoms with Crippen LogP contribution in [0.25, 0.3) is 17.8 Å². The SMILES string of the molecule is C(=C\c1ccc2nccn2c1)/c1ccccc1. The fraction of sp³-hybridized carbons (Fsp3) is 0. The summed E-state index contributed by atoms with van der Waals surface area (Å²) in [5.74, 6) is 0. The second-order valence-corrected chi connectivity index (χ2v) is 3.90. The van der Waals surface area contributed by atoms with E-state index in [4.69, 9.17) is 0 Å². The summed E-state index contributed by atoms with van der Waals surface area (Å²) in [7, 11) is 0. The minimum absolute atomic E-state index is 0.974. The highest BCUT2D eigenvalue weighted by Crippen LogP contribution is 2.09. The van der Waals surface area contributed by atoms with Crippen LogP contribution in [0.2, 0.25) is 0 Å². The van der Waals surface area contributed by atoms with E-state index in [1.54, 1.807) is 6.20 Å². The van der Waals surface area contributed by atoms with Crippen molar-refractivity contribution in [2.24, 2.45) is 0 Å². The monoisotopic (exact) mass is 220 g/mol. The lowest BCUT2D eigenvalue weighted by Crippen LogP contribution is -1.83. The highest BCUT2D eigenvalue weighted by molar-refractivity contribution is 5.69. The predicted octanol–water partition coefficient (Wildman–Crippen LogP) is 3.50. The Hall–Kier alpha value is -2.35. The van der Waals surface area contributed by atoms with Crippen LogP contribution in [0.15, 0.2) is 61.1 Å². The second-order valence-electron chi connectivity index (χ2n) is 3.90. The van der Waals surface area contributed by atoms with Crippen LogP contribution >= 0.6 is 0 Å². The van der Waals surface area contributed by atoms with E-state index < -0.39 is 0 Å². The first-order chi connectivity index (χ1) is 8.42. The summed E-state index contributed by atoms with van der Waals surface area (Å²) in [6.07, 6.45) is 10.0. The van der Waals surface area contributed by atoms with Gasteiger partial charge in [0.2, 0.25) is 0 Å². The maximum atomic E-state index is 4.22. The van der Waals surface area contributed by atoms with E-state index in [-0.39, 0.29) is 0 Å². The Morgan fingerprint density at radius 2 is 1.71 bits per heavy atom. The molecule has 0 atom stereocenters. The van der Waals surface area contributed by atoms with Crippen LogP contribution in [-0.4, -0.2) is 9.38 Å². The molecule has 0 amide bonds.